The first-order valence-corrected chi connectivity index (χ1v) is 10.7. The van der Waals surface area contributed by atoms with Crippen LogP contribution in [0.1, 0.15) is 32.3 Å². The van der Waals surface area contributed by atoms with Gasteiger partial charge in [0.25, 0.3) is 0 Å². The first-order chi connectivity index (χ1) is 12.4. The number of rotatable bonds is 9. The molecule has 9 heteroatoms. The average molecular weight is 512 g/mol. The third-order valence-corrected chi connectivity index (χ3v) is 6.88. The third kappa shape index (κ3) is 6.56. The van der Waals surface area contributed by atoms with Crippen LogP contribution in [0.4, 0.5) is 4.39 Å². The van der Waals surface area contributed by atoms with Crippen molar-refractivity contribution < 1.29 is 12.8 Å². The van der Waals surface area contributed by atoms with Gasteiger partial charge in [0.2, 0.25) is 10.0 Å². The van der Waals surface area contributed by atoms with Crippen molar-refractivity contribution >= 4 is 40.0 Å². The predicted octanol–water partition coefficient (Wildman–Crippen LogP) is 2.31. The molecule has 0 spiro atoms. The largest absolute Gasteiger partial charge is 0.356 e. The highest BCUT2D eigenvalue weighted by Gasteiger charge is 2.44. The second-order valence-corrected chi connectivity index (χ2v) is 8.63. The van der Waals surface area contributed by atoms with Gasteiger partial charge in [0.1, 0.15) is 5.82 Å². The minimum Gasteiger partial charge on any atom is -0.356 e. The Morgan fingerprint density at radius 3 is 2.44 bits per heavy atom. The van der Waals surface area contributed by atoms with Crippen molar-refractivity contribution in [1.82, 2.24) is 14.9 Å². The third-order valence-electron chi connectivity index (χ3n) is 4.86. The smallest absolute Gasteiger partial charge is 0.215 e. The van der Waals surface area contributed by atoms with Crippen LogP contribution >= 0.6 is 24.0 Å². The van der Waals surface area contributed by atoms with Gasteiger partial charge in [-0.15, -0.1) is 24.0 Å². The zero-order valence-corrected chi connectivity index (χ0v) is 19.3. The summed E-state index contributed by atoms with van der Waals surface area (Å²) in [5, 5.41) is 6.29. The minimum atomic E-state index is -3.26. The maximum absolute atomic E-state index is 13.5. The summed E-state index contributed by atoms with van der Waals surface area (Å²) in [7, 11) is -1.61. The van der Waals surface area contributed by atoms with Crippen molar-refractivity contribution in [1.29, 1.82) is 0 Å². The molecular formula is C18H30FIN4O2S. The number of hydrogen-bond donors (Lipinski definition) is 2. The van der Waals surface area contributed by atoms with Crippen molar-refractivity contribution in [3.8, 4) is 0 Å². The molecule has 1 aliphatic carbocycles. The van der Waals surface area contributed by atoms with Crippen LogP contribution in [-0.4, -0.2) is 57.7 Å². The summed E-state index contributed by atoms with van der Waals surface area (Å²) in [6.07, 6.45) is 1.99. The molecule has 0 saturated heterocycles. The Morgan fingerprint density at radius 1 is 1.26 bits per heavy atom. The second-order valence-electron chi connectivity index (χ2n) is 6.54. The van der Waals surface area contributed by atoms with Gasteiger partial charge in [-0.25, -0.2) is 17.1 Å². The summed E-state index contributed by atoms with van der Waals surface area (Å²) in [5.41, 5.74) is 0.928. The second kappa shape index (κ2) is 10.6. The van der Waals surface area contributed by atoms with Gasteiger partial charge >= 0.3 is 0 Å². The molecule has 1 aliphatic rings. The van der Waals surface area contributed by atoms with E-state index in [-0.39, 0.29) is 47.5 Å². The van der Waals surface area contributed by atoms with Gasteiger partial charge in [0.05, 0.1) is 5.75 Å². The van der Waals surface area contributed by atoms with E-state index >= 15 is 0 Å². The van der Waals surface area contributed by atoms with Crippen molar-refractivity contribution in [2.45, 2.75) is 32.1 Å². The Morgan fingerprint density at radius 2 is 1.93 bits per heavy atom. The van der Waals surface area contributed by atoms with Gasteiger partial charge in [-0.2, -0.15) is 0 Å². The van der Waals surface area contributed by atoms with Gasteiger partial charge in [-0.3, -0.25) is 4.99 Å². The lowest BCUT2D eigenvalue weighted by Crippen LogP contribution is -2.44. The van der Waals surface area contributed by atoms with Crippen molar-refractivity contribution in [2.24, 2.45) is 4.99 Å². The summed E-state index contributed by atoms with van der Waals surface area (Å²) in [4.78, 5) is 4.15. The SMILES string of the molecule is CCN(CC)S(=O)(=O)CCNC(=NC)NCC1(c2cccc(F)c2)CC1.I. The number of nitrogens with zero attached hydrogens (tertiary/aromatic N) is 2. The molecule has 0 unspecified atom stereocenters. The molecule has 1 fully saturated rings. The fraction of sp³-hybridized carbons (Fsp3) is 0.611. The molecule has 0 aromatic heterocycles. The summed E-state index contributed by atoms with van der Waals surface area (Å²) in [6.45, 7) is 5.53. The summed E-state index contributed by atoms with van der Waals surface area (Å²) in [5.74, 6) is 0.352. The Labute approximate surface area is 179 Å². The molecule has 0 aliphatic heterocycles. The number of aliphatic imine (C=N–C) groups is 1. The van der Waals surface area contributed by atoms with E-state index in [0.29, 0.717) is 25.6 Å². The molecule has 0 bridgehead atoms. The van der Waals surface area contributed by atoms with Crippen molar-refractivity contribution in [3.63, 3.8) is 0 Å². The Balaban J connectivity index is 0.00000364. The van der Waals surface area contributed by atoms with E-state index in [4.69, 9.17) is 0 Å². The number of nitrogens with one attached hydrogen (secondary N) is 2. The van der Waals surface area contributed by atoms with Crippen LogP contribution in [-0.2, 0) is 15.4 Å². The quantitative estimate of drug-likeness (QED) is 0.303. The Hall–Kier alpha value is -0.940. The molecule has 1 saturated carbocycles. The Bertz CT molecular complexity index is 735. The molecule has 0 heterocycles. The molecule has 0 atom stereocenters. The van der Waals surface area contributed by atoms with E-state index in [0.717, 1.165) is 18.4 Å². The molecule has 1 aromatic carbocycles. The fourth-order valence-electron chi connectivity index (χ4n) is 3.05. The lowest BCUT2D eigenvalue weighted by Gasteiger charge is -2.21. The van der Waals surface area contributed by atoms with Gasteiger partial charge < -0.3 is 10.6 Å². The van der Waals surface area contributed by atoms with Gasteiger partial charge in [0, 0.05) is 38.6 Å². The molecule has 154 valence electrons. The topological polar surface area (TPSA) is 73.8 Å². The number of hydrogen-bond acceptors (Lipinski definition) is 3. The Kier molecular flexibility index (Phi) is 9.43. The lowest BCUT2D eigenvalue weighted by atomic mass is 9.96. The van der Waals surface area contributed by atoms with Crippen LogP contribution in [0.15, 0.2) is 29.3 Å². The maximum Gasteiger partial charge on any atom is 0.215 e. The van der Waals surface area contributed by atoms with E-state index in [1.807, 2.05) is 19.9 Å². The van der Waals surface area contributed by atoms with Gasteiger partial charge in [-0.1, -0.05) is 26.0 Å². The van der Waals surface area contributed by atoms with Crippen LogP contribution < -0.4 is 10.6 Å². The van der Waals surface area contributed by atoms with E-state index < -0.39 is 10.0 Å². The van der Waals surface area contributed by atoms with Crippen molar-refractivity contribution in [3.05, 3.63) is 35.6 Å². The highest BCUT2D eigenvalue weighted by atomic mass is 127. The molecule has 2 rings (SSSR count). The van der Waals surface area contributed by atoms with Gasteiger partial charge in [0.15, 0.2) is 5.96 Å². The van der Waals surface area contributed by atoms with E-state index in [9.17, 15) is 12.8 Å². The van der Waals surface area contributed by atoms with Crippen LogP contribution in [0.2, 0.25) is 0 Å². The molecule has 6 nitrogen and oxygen atoms in total. The number of sulfonamides is 1. The zero-order chi connectivity index (χ0) is 19.2. The van der Waals surface area contributed by atoms with Crippen molar-refractivity contribution in [2.75, 3.05) is 39.0 Å². The molecular weight excluding hydrogens is 482 g/mol. The monoisotopic (exact) mass is 512 g/mol. The maximum atomic E-state index is 13.5. The van der Waals surface area contributed by atoms with Crippen LogP contribution in [0.3, 0.4) is 0 Å². The minimum absolute atomic E-state index is 0. The molecule has 1 aromatic rings. The van der Waals surface area contributed by atoms with Crippen LogP contribution in [0, 0.1) is 5.82 Å². The highest BCUT2D eigenvalue weighted by molar-refractivity contribution is 14.0. The van der Waals surface area contributed by atoms with Gasteiger partial charge in [-0.05, 0) is 30.5 Å². The normalized spacial score (nSPS) is 16.0. The summed E-state index contributed by atoms with van der Waals surface area (Å²) in [6, 6.07) is 6.71. The lowest BCUT2D eigenvalue weighted by molar-refractivity contribution is 0.445. The molecule has 27 heavy (non-hydrogen) atoms. The van der Waals surface area contributed by atoms with Crippen LogP contribution in [0.25, 0.3) is 0 Å². The number of halogens is 2. The number of benzene rings is 1. The van der Waals surface area contributed by atoms with E-state index in [2.05, 4.69) is 15.6 Å². The highest BCUT2D eigenvalue weighted by Crippen LogP contribution is 2.47. The fourth-order valence-corrected chi connectivity index (χ4v) is 4.46. The molecule has 0 amide bonds. The first kappa shape index (κ1) is 24.1. The van der Waals surface area contributed by atoms with E-state index in [1.165, 1.54) is 10.4 Å². The average Bonchev–Trinajstić information content (AvgIpc) is 3.40. The standard InChI is InChI=1S/C18H29FN4O2S.HI/c1-4-23(5-2)26(24,25)12-11-21-17(20-3)22-14-18(9-10-18)15-7-6-8-16(19)13-15;/h6-8,13H,4-5,9-12,14H2,1-3H3,(H2,20,21,22);1H. The number of guanidine groups is 1. The molecule has 2 N–H and O–H groups in total. The zero-order valence-electron chi connectivity index (χ0n) is 16.2. The summed E-state index contributed by atoms with van der Waals surface area (Å²) < 4.78 is 39.3. The predicted molar refractivity (Wildman–Crippen MR) is 119 cm³/mol. The summed E-state index contributed by atoms with van der Waals surface area (Å²) >= 11 is 0. The van der Waals surface area contributed by atoms with E-state index in [1.54, 1.807) is 19.2 Å². The molecule has 0 radical (unpaired) electrons. The van der Waals surface area contributed by atoms with Crippen LogP contribution in [0.5, 0.6) is 0 Å². The first-order valence-electron chi connectivity index (χ1n) is 9.05.